The Morgan fingerprint density at radius 3 is 2.39 bits per heavy atom. The number of nitrogens with zero attached hydrogens (tertiary/aromatic N) is 3. The van der Waals surface area contributed by atoms with Gasteiger partial charge in [-0.2, -0.15) is 0 Å². The van der Waals surface area contributed by atoms with Crippen LogP contribution in [0.15, 0.2) is 24.3 Å². The third kappa shape index (κ3) is 4.97. The summed E-state index contributed by atoms with van der Waals surface area (Å²) in [7, 11) is -3.02. The topological polar surface area (TPSA) is 81.2 Å². The summed E-state index contributed by atoms with van der Waals surface area (Å²) in [4.78, 5) is 19.3. The second-order valence-corrected chi connectivity index (χ2v) is 10.1. The minimum Gasteiger partial charge on any atom is -0.508 e. The summed E-state index contributed by atoms with van der Waals surface area (Å²) in [6.07, 6.45) is 1.37. The van der Waals surface area contributed by atoms with Gasteiger partial charge in [0.15, 0.2) is 9.84 Å². The number of hydrogen-bond acceptors (Lipinski definition) is 6. The van der Waals surface area contributed by atoms with Crippen molar-refractivity contribution >= 4 is 21.4 Å². The van der Waals surface area contributed by atoms with Gasteiger partial charge in [-0.3, -0.25) is 9.69 Å². The molecular weight excluding hydrogens is 378 g/mol. The van der Waals surface area contributed by atoms with E-state index in [1.165, 1.54) is 0 Å². The molecule has 2 fully saturated rings. The van der Waals surface area contributed by atoms with Gasteiger partial charge >= 0.3 is 0 Å². The molecule has 1 aromatic carbocycles. The first kappa shape index (κ1) is 20.9. The quantitative estimate of drug-likeness (QED) is 0.763. The molecule has 2 aliphatic rings. The summed E-state index contributed by atoms with van der Waals surface area (Å²) in [6.45, 7) is 7.58. The highest BCUT2D eigenvalue weighted by atomic mass is 32.2. The van der Waals surface area contributed by atoms with E-state index in [-0.39, 0.29) is 35.2 Å². The van der Waals surface area contributed by atoms with Crippen molar-refractivity contribution in [1.82, 2.24) is 9.80 Å². The lowest BCUT2D eigenvalue weighted by Crippen LogP contribution is -2.53. The summed E-state index contributed by atoms with van der Waals surface area (Å²) in [5, 5.41) is 9.43. The fraction of sp³-hybridized carbons (Fsp3) is 0.650. The highest BCUT2D eigenvalue weighted by Crippen LogP contribution is 2.23. The average Bonchev–Trinajstić information content (AvgIpc) is 3.02. The molecule has 2 atom stereocenters. The van der Waals surface area contributed by atoms with Gasteiger partial charge in [0.05, 0.1) is 18.1 Å². The van der Waals surface area contributed by atoms with Gasteiger partial charge in [0.2, 0.25) is 5.91 Å². The molecule has 0 unspecified atom stereocenters. The maximum absolute atomic E-state index is 13.0. The summed E-state index contributed by atoms with van der Waals surface area (Å²) in [5.74, 6) is 0.572. The van der Waals surface area contributed by atoms with Gasteiger partial charge in [-0.15, -0.1) is 0 Å². The molecule has 156 valence electrons. The molecule has 1 aromatic rings. The fourth-order valence-electron chi connectivity index (χ4n) is 4.10. The average molecular weight is 410 g/mol. The van der Waals surface area contributed by atoms with Crippen molar-refractivity contribution in [3.05, 3.63) is 24.3 Å². The van der Waals surface area contributed by atoms with Gasteiger partial charge < -0.3 is 14.9 Å². The first-order chi connectivity index (χ1) is 13.3. The minimum atomic E-state index is -3.02. The molecule has 8 heteroatoms. The van der Waals surface area contributed by atoms with Gasteiger partial charge in [0, 0.05) is 44.0 Å². The van der Waals surface area contributed by atoms with E-state index in [9.17, 15) is 18.3 Å². The van der Waals surface area contributed by atoms with Crippen LogP contribution >= 0.6 is 0 Å². The number of hydrogen-bond donors (Lipinski definition) is 1. The lowest BCUT2D eigenvalue weighted by atomic mass is 10.1. The van der Waals surface area contributed by atoms with Crippen molar-refractivity contribution < 1.29 is 18.3 Å². The van der Waals surface area contributed by atoms with Gasteiger partial charge in [0.25, 0.3) is 0 Å². The van der Waals surface area contributed by atoms with Crippen LogP contribution < -0.4 is 4.90 Å². The van der Waals surface area contributed by atoms with Gasteiger partial charge in [-0.1, -0.05) is 6.92 Å². The number of piperazine rings is 1. The highest BCUT2D eigenvalue weighted by molar-refractivity contribution is 7.91. The molecule has 28 heavy (non-hydrogen) atoms. The van der Waals surface area contributed by atoms with E-state index >= 15 is 0 Å². The summed E-state index contributed by atoms with van der Waals surface area (Å²) >= 11 is 0. The standard InChI is InChI=1S/C20H31N3O4S/c1-3-16(2)23(18-8-13-28(26,27)15-18)20(25)14-21-9-11-22(12-10-21)17-4-6-19(24)7-5-17/h4-7,16,18,24H,3,8-15H2,1-2H3/t16-,18-/m0/s1. The Kier molecular flexibility index (Phi) is 6.50. The molecule has 3 rings (SSSR count). The molecule has 1 N–H and O–H groups in total. The van der Waals surface area contributed by atoms with Crippen molar-refractivity contribution in [3.63, 3.8) is 0 Å². The van der Waals surface area contributed by atoms with Crippen LogP contribution in [0.4, 0.5) is 5.69 Å². The Morgan fingerprint density at radius 1 is 1.21 bits per heavy atom. The van der Waals surface area contributed by atoms with Crippen LogP contribution in [0.1, 0.15) is 26.7 Å². The second kappa shape index (κ2) is 8.69. The Morgan fingerprint density at radius 2 is 1.86 bits per heavy atom. The molecule has 0 spiro atoms. The molecule has 2 heterocycles. The molecule has 0 radical (unpaired) electrons. The van der Waals surface area contributed by atoms with Gasteiger partial charge in [-0.25, -0.2) is 8.42 Å². The molecule has 7 nitrogen and oxygen atoms in total. The number of phenols is 1. The number of rotatable bonds is 6. The Balaban J connectivity index is 1.58. The Hall–Kier alpha value is -1.80. The van der Waals surface area contributed by atoms with Gasteiger partial charge in [0.1, 0.15) is 5.75 Å². The van der Waals surface area contributed by atoms with Crippen LogP contribution in [-0.2, 0) is 14.6 Å². The number of sulfone groups is 1. The molecule has 0 saturated carbocycles. The molecule has 2 aliphatic heterocycles. The minimum absolute atomic E-state index is 0.0366. The zero-order valence-electron chi connectivity index (χ0n) is 16.7. The largest absolute Gasteiger partial charge is 0.508 e. The monoisotopic (exact) mass is 409 g/mol. The third-order valence-corrected chi connectivity index (χ3v) is 7.65. The Bertz CT molecular complexity index is 773. The predicted octanol–water partition coefficient (Wildman–Crippen LogP) is 1.33. The lowest BCUT2D eigenvalue weighted by Gasteiger charge is -2.39. The van der Waals surface area contributed by atoms with Crippen LogP contribution in [0.25, 0.3) is 0 Å². The molecule has 0 aromatic heterocycles. The van der Waals surface area contributed by atoms with Crippen molar-refractivity contribution in [1.29, 1.82) is 0 Å². The number of carbonyl (C=O) groups excluding carboxylic acids is 1. The molecule has 0 aliphatic carbocycles. The molecule has 0 bridgehead atoms. The van der Waals surface area contributed by atoms with E-state index < -0.39 is 9.84 Å². The van der Waals surface area contributed by atoms with Crippen LogP contribution in [0, 0.1) is 0 Å². The predicted molar refractivity (Wildman–Crippen MR) is 110 cm³/mol. The highest BCUT2D eigenvalue weighted by Gasteiger charge is 2.37. The van der Waals surface area contributed by atoms with Crippen molar-refractivity contribution in [2.24, 2.45) is 0 Å². The number of carbonyl (C=O) groups is 1. The van der Waals surface area contributed by atoms with E-state index in [1.54, 1.807) is 12.1 Å². The zero-order chi connectivity index (χ0) is 20.3. The van der Waals surface area contributed by atoms with Crippen LogP contribution in [-0.4, -0.2) is 85.5 Å². The van der Waals surface area contributed by atoms with E-state index in [1.807, 2.05) is 30.9 Å². The van der Waals surface area contributed by atoms with Crippen molar-refractivity contribution in [2.75, 3.05) is 49.1 Å². The van der Waals surface area contributed by atoms with Crippen molar-refractivity contribution in [2.45, 2.75) is 38.8 Å². The van der Waals surface area contributed by atoms with Crippen LogP contribution in [0.5, 0.6) is 5.75 Å². The number of phenolic OH excluding ortho intramolecular Hbond substituents is 1. The number of anilines is 1. The molecular formula is C20H31N3O4S. The maximum atomic E-state index is 13.0. The third-order valence-electron chi connectivity index (χ3n) is 5.90. The number of aromatic hydroxyl groups is 1. The van der Waals surface area contributed by atoms with Crippen LogP contribution in [0.3, 0.4) is 0 Å². The van der Waals surface area contributed by atoms with E-state index in [2.05, 4.69) is 9.80 Å². The molecule has 1 amide bonds. The first-order valence-electron chi connectivity index (χ1n) is 10.1. The molecule has 2 saturated heterocycles. The summed E-state index contributed by atoms with van der Waals surface area (Å²) < 4.78 is 23.8. The van der Waals surface area contributed by atoms with E-state index in [4.69, 9.17) is 0 Å². The van der Waals surface area contributed by atoms with Crippen molar-refractivity contribution in [3.8, 4) is 5.75 Å². The second-order valence-electron chi connectivity index (χ2n) is 7.89. The first-order valence-corrected chi connectivity index (χ1v) is 11.9. The maximum Gasteiger partial charge on any atom is 0.237 e. The normalized spacial score (nSPS) is 23.5. The van der Waals surface area contributed by atoms with Crippen LogP contribution in [0.2, 0.25) is 0 Å². The SMILES string of the molecule is CC[C@H](C)N(C(=O)CN1CCN(c2ccc(O)cc2)CC1)[C@H]1CCS(=O)(=O)C1. The van der Waals surface area contributed by atoms with Gasteiger partial charge in [-0.05, 0) is 44.0 Å². The number of benzene rings is 1. The fourth-order valence-corrected chi connectivity index (χ4v) is 5.81. The summed E-state index contributed by atoms with van der Waals surface area (Å²) in [6, 6.07) is 7.04. The zero-order valence-corrected chi connectivity index (χ0v) is 17.6. The number of amides is 1. The lowest BCUT2D eigenvalue weighted by molar-refractivity contribution is -0.136. The smallest absolute Gasteiger partial charge is 0.237 e. The summed E-state index contributed by atoms with van der Waals surface area (Å²) in [5.41, 5.74) is 1.07. The Labute approximate surface area is 167 Å². The van der Waals surface area contributed by atoms with E-state index in [0.717, 1.165) is 38.3 Å². The van der Waals surface area contributed by atoms with E-state index in [0.29, 0.717) is 13.0 Å².